The normalized spacial score (nSPS) is 17.3. The minimum absolute atomic E-state index is 0.0684. The maximum atomic E-state index is 12.3. The molecule has 1 aromatic rings. The fourth-order valence-corrected chi connectivity index (χ4v) is 3.30. The molecule has 24 heavy (non-hydrogen) atoms. The van der Waals surface area contributed by atoms with Gasteiger partial charge in [0.05, 0.1) is 12.7 Å². The second-order valence-corrected chi connectivity index (χ2v) is 7.03. The molecule has 1 aliphatic rings. The van der Waals surface area contributed by atoms with Gasteiger partial charge in [-0.3, -0.25) is 9.59 Å². The second-order valence-electron chi connectivity index (χ2n) is 6.12. The fourth-order valence-electron chi connectivity index (χ4n) is 2.93. The van der Waals surface area contributed by atoms with E-state index in [-0.39, 0.29) is 24.5 Å². The van der Waals surface area contributed by atoms with E-state index in [1.807, 2.05) is 6.07 Å². The lowest BCUT2D eigenvalue weighted by Gasteiger charge is -2.22. The average molecular weight is 397 g/mol. The number of halogens is 1. The highest BCUT2D eigenvalue weighted by Gasteiger charge is 2.15. The zero-order chi connectivity index (χ0) is 17.4. The molecule has 1 unspecified atom stereocenters. The zero-order valence-electron chi connectivity index (χ0n) is 14.1. The number of benzene rings is 1. The van der Waals surface area contributed by atoms with Gasteiger partial charge >= 0.3 is 0 Å². The van der Waals surface area contributed by atoms with Gasteiger partial charge in [0.15, 0.2) is 5.78 Å². The molecule has 2 rings (SSSR count). The number of nitrogens with one attached hydrogen (secondary N) is 2. The zero-order valence-corrected chi connectivity index (χ0v) is 15.7. The van der Waals surface area contributed by atoms with Gasteiger partial charge in [-0.15, -0.1) is 0 Å². The van der Waals surface area contributed by atoms with Gasteiger partial charge in [-0.2, -0.15) is 0 Å². The molecule has 0 radical (unpaired) electrons. The first-order valence-electron chi connectivity index (χ1n) is 8.44. The lowest BCUT2D eigenvalue weighted by Crippen LogP contribution is -2.33. The van der Waals surface area contributed by atoms with Gasteiger partial charge in [-0.05, 0) is 56.5 Å². The Kier molecular flexibility index (Phi) is 7.72. The predicted octanol–water partition coefficient (Wildman–Crippen LogP) is 2.93. The van der Waals surface area contributed by atoms with E-state index in [4.69, 9.17) is 4.74 Å². The van der Waals surface area contributed by atoms with Gasteiger partial charge in [0.2, 0.25) is 5.91 Å². The predicted molar refractivity (Wildman–Crippen MR) is 97.5 cm³/mol. The molecule has 0 bridgehead atoms. The maximum absolute atomic E-state index is 12.3. The number of amides is 1. The first kappa shape index (κ1) is 18.9. The van der Waals surface area contributed by atoms with E-state index in [0.717, 1.165) is 24.0 Å². The summed E-state index contributed by atoms with van der Waals surface area (Å²) in [6.45, 7) is 2.82. The lowest BCUT2D eigenvalue weighted by molar-refractivity contribution is -0.121. The molecule has 2 N–H and O–H groups in total. The van der Waals surface area contributed by atoms with Crippen LogP contribution in [0.25, 0.3) is 0 Å². The third kappa shape index (κ3) is 5.91. The minimum atomic E-state index is -0.0835. The van der Waals surface area contributed by atoms with Gasteiger partial charge in [0.25, 0.3) is 0 Å². The Balaban J connectivity index is 1.73. The Morgan fingerprint density at radius 3 is 2.92 bits per heavy atom. The molecule has 5 nitrogen and oxygen atoms in total. The summed E-state index contributed by atoms with van der Waals surface area (Å²) in [7, 11) is 1.53. The Morgan fingerprint density at radius 2 is 2.21 bits per heavy atom. The molecule has 1 aliphatic heterocycles. The molecule has 1 aromatic carbocycles. The Hall–Kier alpha value is -1.40. The third-order valence-corrected chi connectivity index (χ3v) is 4.81. The highest BCUT2D eigenvalue weighted by Crippen LogP contribution is 2.24. The quantitative estimate of drug-likeness (QED) is 0.662. The van der Waals surface area contributed by atoms with E-state index in [1.54, 1.807) is 12.1 Å². The van der Waals surface area contributed by atoms with Gasteiger partial charge in [-0.25, -0.2) is 0 Å². The van der Waals surface area contributed by atoms with Crippen LogP contribution in [-0.2, 0) is 4.79 Å². The number of ketones is 1. The summed E-state index contributed by atoms with van der Waals surface area (Å²) >= 11 is 3.35. The van der Waals surface area contributed by atoms with Crippen LogP contribution >= 0.6 is 15.9 Å². The molecule has 1 fully saturated rings. The molecule has 132 valence electrons. The maximum Gasteiger partial charge on any atom is 0.220 e. The molecule has 1 atom stereocenters. The van der Waals surface area contributed by atoms with Crippen molar-refractivity contribution in [2.24, 2.45) is 5.92 Å². The van der Waals surface area contributed by atoms with Gasteiger partial charge in [-0.1, -0.05) is 15.9 Å². The smallest absolute Gasteiger partial charge is 0.220 e. The van der Waals surface area contributed by atoms with E-state index in [9.17, 15) is 9.59 Å². The molecular formula is C18H25BrN2O3. The highest BCUT2D eigenvalue weighted by molar-refractivity contribution is 9.10. The van der Waals surface area contributed by atoms with Gasteiger partial charge in [0, 0.05) is 23.9 Å². The van der Waals surface area contributed by atoms with Crippen LogP contribution < -0.4 is 15.4 Å². The molecule has 1 amide bonds. The standard InChI is InChI=1S/C18H25BrN2O3/c1-24-17-6-4-14(19)11-15(17)16(22)5-7-18(23)21-10-8-13-3-2-9-20-12-13/h4,6,11,13,20H,2-3,5,7-10,12H2,1H3,(H,21,23). The number of hydrogen-bond donors (Lipinski definition) is 2. The van der Waals surface area contributed by atoms with Crippen molar-refractivity contribution in [3.05, 3.63) is 28.2 Å². The van der Waals surface area contributed by atoms with Crippen LogP contribution in [0.2, 0.25) is 0 Å². The number of methoxy groups -OCH3 is 1. The van der Waals surface area contributed by atoms with E-state index in [0.29, 0.717) is 23.8 Å². The Labute approximate surface area is 151 Å². The fraction of sp³-hybridized carbons (Fsp3) is 0.556. The molecule has 0 aromatic heterocycles. The van der Waals surface area contributed by atoms with Crippen LogP contribution in [0.1, 0.15) is 42.5 Å². The van der Waals surface area contributed by atoms with Crippen LogP contribution in [0.15, 0.2) is 22.7 Å². The van der Waals surface area contributed by atoms with Crippen molar-refractivity contribution in [2.45, 2.75) is 32.1 Å². The molecule has 0 spiro atoms. The average Bonchev–Trinajstić information content (AvgIpc) is 2.60. The van der Waals surface area contributed by atoms with Crippen molar-refractivity contribution >= 4 is 27.6 Å². The summed E-state index contributed by atoms with van der Waals surface area (Å²) in [5, 5.41) is 6.29. The summed E-state index contributed by atoms with van der Waals surface area (Å²) in [6, 6.07) is 5.30. The highest BCUT2D eigenvalue weighted by atomic mass is 79.9. The lowest BCUT2D eigenvalue weighted by atomic mass is 9.96. The molecule has 1 saturated heterocycles. The van der Waals surface area contributed by atoms with E-state index in [2.05, 4.69) is 26.6 Å². The van der Waals surface area contributed by atoms with Crippen molar-refractivity contribution in [1.29, 1.82) is 0 Å². The number of carbonyl (C=O) groups is 2. The first-order valence-corrected chi connectivity index (χ1v) is 9.23. The van der Waals surface area contributed by atoms with Gasteiger partial charge in [0.1, 0.15) is 5.75 Å². The number of hydrogen-bond acceptors (Lipinski definition) is 4. The molecule has 0 aliphatic carbocycles. The molecule has 0 saturated carbocycles. The number of Topliss-reactive ketones (excluding diaryl/α,β-unsaturated/α-hetero) is 1. The number of carbonyl (C=O) groups excluding carboxylic acids is 2. The second kappa shape index (κ2) is 9.79. The van der Waals surface area contributed by atoms with E-state index >= 15 is 0 Å². The Morgan fingerprint density at radius 1 is 1.38 bits per heavy atom. The van der Waals surface area contributed by atoms with E-state index < -0.39 is 0 Å². The van der Waals surface area contributed by atoms with Crippen LogP contribution in [0.5, 0.6) is 5.75 Å². The van der Waals surface area contributed by atoms with E-state index in [1.165, 1.54) is 20.0 Å². The summed E-state index contributed by atoms with van der Waals surface area (Å²) in [6.07, 6.45) is 3.82. The van der Waals surface area contributed by atoms with Crippen LogP contribution in [0.4, 0.5) is 0 Å². The summed E-state index contributed by atoms with van der Waals surface area (Å²) in [5.74, 6) is 1.03. The summed E-state index contributed by atoms with van der Waals surface area (Å²) in [5.41, 5.74) is 0.507. The minimum Gasteiger partial charge on any atom is -0.496 e. The SMILES string of the molecule is COc1ccc(Br)cc1C(=O)CCC(=O)NCCC1CCCNC1. The Bertz CT molecular complexity index is 571. The van der Waals surface area contributed by atoms with Gasteiger partial charge < -0.3 is 15.4 Å². The van der Waals surface area contributed by atoms with Crippen molar-refractivity contribution in [3.63, 3.8) is 0 Å². The third-order valence-electron chi connectivity index (χ3n) is 4.31. The molecular weight excluding hydrogens is 372 g/mol. The topological polar surface area (TPSA) is 67.4 Å². The van der Waals surface area contributed by atoms with Crippen molar-refractivity contribution < 1.29 is 14.3 Å². The number of rotatable bonds is 8. The van der Waals surface area contributed by atoms with Crippen molar-refractivity contribution in [3.8, 4) is 5.75 Å². The summed E-state index contributed by atoms with van der Waals surface area (Å²) < 4.78 is 6.03. The first-order chi connectivity index (χ1) is 11.6. The largest absolute Gasteiger partial charge is 0.496 e. The molecule has 1 heterocycles. The monoisotopic (exact) mass is 396 g/mol. The van der Waals surface area contributed by atoms with Crippen LogP contribution in [-0.4, -0.2) is 38.4 Å². The van der Waals surface area contributed by atoms with Crippen LogP contribution in [0.3, 0.4) is 0 Å². The number of ether oxygens (including phenoxy) is 1. The van der Waals surface area contributed by atoms with Crippen molar-refractivity contribution in [2.75, 3.05) is 26.7 Å². The van der Waals surface area contributed by atoms with Crippen molar-refractivity contribution in [1.82, 2.24) is 10.6 Å². The number of piperidine rings is 1. The molecule has 6 heteroatoms. The van der Waals surface area contributed by atoms with Crippen LogP contribution in [0, 0.1) is 5.92 Å². The summed E-state index contributed by atoms with van der Waals surface area (Å²) in [4.78, 5) is 24.2.